The molecule has 0 fully saturated rings. The van der Waals surface area contributed by atoms with Gasteiger partial charge in [-0.25, -0.2) is 4.79 Å². The molecule has 120 valence electrons. The van der Waals surface area contributed by atoms with Crippen LogP contribution in [0.4, 0.5) is 10.5 Å². The van der Waals surface area contributed by atoms with E-state index in [-0.39, 0.29) is 6.03 Å². The third-order valence-electron chi connectivity index (χ3n) is 3.03. The van der Waals surface area contributed by atoms with Gasteiger partial charge in [0, 0.05) is 17.5 Å². The predicted octanol–water partition coefficient (Wildman–Crippen LogP) is 4.15. The summed E-state index contributed by atoms with van der Waals surface area (Å²) in [6, 6.07) is 12.1. The summed E-state index contributed by atoms with van der Waals surface area (Å²) in [5.41, 5.74) is 1.43. The number of carbonyl (C=O) groups is 1. The van der Waals surface area contributed by atoms with Crippen molar-refractivity contribution >= 4 is 29.4 Å². The van der Waals surface area contributed by atoms with Crippen LogP contribution < -0.4 is 20.1 Å². The molecule has 2 amide bonds. The molecular weight excluding hydrogens is 316 g/mol. The number of nitrogens with one attached hydrogen (secondary N) is 2. The molecule has 2 rings (SSSR count). The van der Waals surface area contributed by atoms with Gasteiger partial charge in [0.15, 0.2) is 0 Å². The normalized spacial score (nSPS) is 10.4. The highest BCUT2D eigenvalue weighted by molar-refractivity contribution is 6.32. The first kappa shape index (κ1) is 16.7. The van der Waals surface area contributed by atoms with Crippen LogP contribution in [0, 0.1) is 0 Å². The molecule has 0 aliphatic rings. The molecule has 2 aromatic carbocycles. The fraction of sp³-hybridized carbons (Fsp3) is 0.118. The molecule has 2 N–H and O–H groups in total. The van der Waals surface area contributed by atoms with Crippen LogP contribution in [0.5, 0.6) is 11.5 Å². The lowest BCUT2D eigenvalue weighted by Gasteiger charge is -2.08. The van der Waals surface area contributed by atoms with Gasteiger partial charge in [0.2, 0.25) is 0 Å². The lowest BCUT2D eigenvalue weighted by Crippen LogP contribution is -2.23. The van der Waals surface area contributed by atoms with Crippen LogP contribution >= 0.6 is 11.6 Å². The van der Waals surface area contributed by atoms with Crippen LogP contribution in [0.2, 0.25) is 5.02 Å². The Balaban J connectivity index is 1.95. The minimum Gasteiger partial charge on any atom is -0.496 e. The SMILES string of the molecule is COc1ccc(NC(=O)N/C=C/c2ccccc2OC)cc1Cl. The van der Waals surface area contributed by atoms with Crippen molar-refractivity contribution < 1.29 is 14.3 Å². The summed E-state index contributed by atoms with van der Waals surface area (Å²) in [6.07, 6.45) is 3.29. The van der Waals surface area contributed by atoms with Gasteiger partial charge < -0.3 is 20.1 Å². The summed E-state index contributed by atoms with van der Waals surface area (Å²) in [5, 5.41) is 5.72. The Morgan fingerprint density at radius 2 is 1.83 bits per heavy atom. The number of halogens is 1. The fourth-order valence-electron chi connectivity index (χ4n) is 1.92. The first-order valence-electron chi connectivity index (χ1n) is 6.84. The van der Waals surface area contributed by atoms with Gasteiger partial charge in [0.05, 0.1) is 19.2 Å². The maximum absolute atomic E-state index is 11.8. The second kappa shape index (κ2) is 8.10. The lowest BCUT2D eigenvalue weighted by atomic mass is 10.2. The highest BCUT2D eigenvalue weighted by atomic mass is 35.5. The van der Waals surface area contributed by atoms with Gasteiger partial charge in [-0.2, -0.15) is 0 Å². The molecule has 0 radical (unpaired) electrons. The molecule has 0 saturated heterocycles. The van der Waals surface area contributed by atoms with Crippen molar-refractivity contribution in [3.05, 3.63) is 59.3 Å². The number of anilines is 1. The van der Waals surface area contributed by atoms with Gasteiger partial charge in [-0.05, 0) is 30.3 Å². The average Bonchev–Trinajstić information content (AvgIpc) is 2.55. The van der Waals surface area contributed by atoms with Crippen molar-refractivity contribution in [1.82, 2.24) is 5.32 Å². The van der Waals surface area contributed by atoms with Crippen molar-refractivity contribution in [2.24, 2.45) is 0 Å². The molecule has 5 nitrogen and oxygen atoms in total. The van der Waals surface area contributed by atoms with E-state index >= 15 is 0 Å². The van der Waals surface area contributed by atoms with Crippen LogP contribution in [0.15, 0.2) is 48.7 Å². The van der Waals surface area contributed by atoms with E-state index in [0.29, 0.717) is 16.5 Å². The highest BCUT2D eigenvalue weighted by Crippen LogP contribution is 2.27. The van der Waals surface area contributed by atoms with Gasteiger partial charge in [-0.1, -0.05) is 29.8 Å². The number of hydrogen-bond donors (Lipinski definition) is 2. The number of carbonyl (C=O) groups excluding carboxylic acids is 1. The van der Waals surface area contributed by atoms with E-state index < -0.39 is 0 Å². The Morgan fingerprint density at radius 3 is 2.52 bits per heavy atom. The monoisotopic (exact) mass is 332 g/mol. The first-order chi connectivity index (χ1) is 11.1. The second-order valence-corrected chi connectivity index (χ2v) is 4.93. The summed E-state index contributed by atoms with van der Waals surface area (Å²) in [5.74, 6) is 1.28. The number of rotatable bonds is 5. The molecule has 0 aromatic heterocycles. The maximum Gasteiger partial charge on any atom is 0.323 e. The minimum absolute atomic E-state index is 0.377. The predicted molar refractivity (Wildman–Crippen MR) is 92.2 cm³/mol. The minimum atomic E-state index is -0.377. The summed E-state index contributed by atoms with van der Waals surface area (Å²) < 4.78 is 10.3. The standard InChI is InChI=1S/C17H17ClN2O3/c1-22-15-6-4-3-5-12(15)9-10-19-17(21)20-13-7-8-16(23-2)14(18)11-13/h3-11H,1-2H3,(H2,19,20,21)/b10-9+. The van der Waals surface area contributed by atoms with E-state index in [0.717, 1.165) is 11.3 Å². The molecular formula is C17H17ClN2O3. The second-order valence-electron chi connectivity index (χ2n) is 4.52. The van der Waals surface area contributed by atoms with E-state index in [1.807, 2.05) is 24.3 Å². The van der Waals surface area contributed by atoms with Crippen LogP contribution in [-0.4, -0.2) is 20.3 Å². The number of methoxy groups -OCH3 is 2. The van der Waals surface area contributed by atoms with Gasteiger partial charge in [-0.15, -0.1) is 0 Å². The maximum atomic E-state index is 11.8. The summed E-state index contributed by atoms with van der Waals surface area (Å²) in [4.78, 5) is 11.8. The topological polar surface area (TPSA) is 59.6 Å². The Bertz CT molecular complexity index is 717. The van der Waals surface area contributed by atoms with Crippen molar-refractivity contribution in [2.75, 3.05) is 19.5 Å². The van der Waals surface area contributed by atoms with Crippen molar-refractivity contribution in [3.8, 4) is 11.5 Å². The largest absolute Gasteiger partial charge is 0.496 e. The van der Waals surface area contributed by atoms with Crippen LogP contribution in [0.25, 0.3) is 6.08 Å². The van der Waals surface area contributed by atoms with Gasteiger partial charge >= 0.3 is 6.03 Å². The lowest BCUT2D eigenvalue weighted by molar-refractivity contribution is 0.255. The summed E-state index contributed by atoms with van der Waals surface area (Å²) in [6.45, 7) is 0. The zero-order valence-corrected chi connectivity index (χ0v) is 13.6. The van der Waals surface area contributed by atoms with E-state index in [2.05, 4.69) is 10.6 Å². The van der Waals surface area contributed by atoms with Gasteiger partial charge in [-0.3, -0.25) is 0 Å². The molecule has 23 heavy (non-hydrogen) atoms. The number of para-hydroxylation sites is 1. The van der Waals surface area contributed by atoms with Crippen molar-refractivity contribution in [3.63, 3.8) is 0 Å². The fourth-order valence-corrected chi connectivity index (χ4v) is 2.18. The van der Waals surface area contributed by atoms with E-state index in [4.69, 9.17) is 21.1 Å². The van der Waals surface area contributed by atoms with Gasteiger partial charge in [0.25, 0.3) is 0 Å². The zero-order chi connectivity index (χ0) is 16.7. The Labute approximate surface area is 139 Å². The molecule has 0 atom stereocenters. The Kier molecular flexibility index (Phi) is 5.88. The van der Waals surface area contributed by atoms with Crippen LogP contribution in [0.1, 0.15) is 5.56 Å². The Morgan fingerprint density at radius 1 is 1.09 bits per heavy atom. The smallest absolute Gasteiger partial charge is 0.323 e. The Hall–Kier alpha value is -2.66. The highest BCUT2D eigenvalue weighted by Gasteiger charge is 2.04. The van der Waals surface area contributed by atoms with Crippen molar-refractivity contribution in [2.45, 2.75) is 0 Å². The van der Waals surface area contributed by atoms with E-state index in [9.17, 15) is 4.79 Å². The molecule has 6 heteroatoms. The van der Waals surface area contributed by atoms with Crippen molar-refractivity contribution in [1.29, 1.82) is 0 Å². The zero-order valence-electron chi connectivity index (χ0n) is 12.8. The third-order valence-corrected chi connectivity index (χ3v) is 3.32. The van der Waals surface area contributed by atoms with E-state index in [1.165, 1.54) is 13.3 Å². The average molecular weight is 333 g/mol. The van der Waals surface area contributed by atoms with E-state index in [1.54, 1.807) is 31.4 Å². The van der Waals surface area contributed by atoms with Gasteiger partial charge in [0.1, 0.15) is 11.5 Å². The van der Waals surface area contributed by atoms with Crippen LogP contribution in [-0.2, 0) is 0 Å². The molecule has 0 aliphatic heterocycles. The molecule has 0 bridgehead atoms. The number of ether oxygens (including phenoxy) is 2. The molecule has 0 unspecified atom stereocenters. The quantitative estimate of drug-likeness (QED) is 0.864. The summed E-state index contributed by atoms with van der Waals surface area (Å²) >= 11 is 6.01. The molecule has 2 aromatic rings. The van der Waals surface area contributed by atoms with Crippen LogP contribution in [0.3, 0.4) is 0 Å². The number of amides is 2. The summed E-state index contributed by atoms with van der Waals surface area (Å²) in [7, 11) is 3.13. The first-order valence-corrected chi connectivity index (χ1v) is 7.22. The molecule has 0 spiro atoms. The number of urea groups is 1. The number of benzene rings is 2. The molecule has 0 aliphatic carbocycles. The molecule has 0 heterocycles. The third kappa shape index (κ3) is 4.66. The molecule has 0 saturated carbocycles. The number of hydrogen-bond acceptors (Lipinski definition) is 3.